The smallest absolute Gasteiger partial charge is 0.344 e. The zero-order chi connectivity index (χ0) is 22.9. The molecule has 0 spiro atoms. The Morgan fingerprint density at radius 2 is 1.66 bits per heavy atom. The van der Waals surface area contributed by atoms with Crippen molar-refractivity contribution in [2.45, 2.75) is 0 Å². The van der Waals surface area contributed by atoms with Gasteiger partial charge < -0.3 is 10.1 Å². The van der Waals surface area contributed by atoms with Crippen LogP contribution >= 0.6 is 15.9 Å². The summed E-state index contributed by atoms with van der Waals surface area (Å²) in [6.07, 6.45) is 1.40. The van der Waals surface area contributed by atoms with Gasteiger partial charge in [0.2, 0.25) is 0 Å². The Kier molecular flexibility index (Phi) is 7.82. The Balaban J connectivity index is 1.45. The molecular formula is C23H17BrFN3O4. The Hall–Kier alpha value is -3.85. The molecule has 0 fully saturated rings. The Morgan fingerprint density at radius 1 is 0.969 bits per heavy atom. The molecule has 0 aliphatic carbocycles. The predicted octanol–water partition coefficient (Wildman–Crippen LogP) is 3.69. The highest BCUT2D eigenvalue weighted by molar-refractivity contribution is 9.10. The second-order valence-electron chi connectivity index (χ2n) is 6.42. The minimum absolute atomic E-state index is 0.239. The lowest BCUT2D eigenvalue weighted by molar-refractivity contribution is -0.120. The van der Waals surface area contributed by atoms with Crippen molar-refractivity contribution in [2.24, 2.45) is 5.10 Å². The van der Waals surface area contributed by atoms with Crippen LogP contribution in [0.1, 0.15) is 26.3 Å². The van der Waals surface area contributed by atoms with Crippen LogP contribution in [0.25, 0.3) is 0 Å². The summed E-state index contributed by atoms with van der Waals surface area (Å²) in [4.78, 5) is 35.9. The van der Waals surface area contributed by atoms with Gasteiger partial charge in [0.05, 0.1) is 18.3 Å². The number of nitrogens with zero attached hydrogens (tertiary/aromatic N) is 1. The summed E-state index contributed by atoms with van der Waals surface area (Å²) in [7, 11) is 0. The van der Waals surface area contributed by atoms with E-state index in [1.165, 1.54) is 18.3 Å². The molecule has 2 amide bonds. The molecule has 0 unspecified atom stereocenters. The Morgan fingerprint density at radius 3 is 2.34 bits per heavy atom. The zero-order valence-corrected chi connectivity index (χ0v) is 18.1. The highest BCUT2D eigenvalue weighted by Gasteiger charge is 2.11. The lowest BCUT2D eigenvalue weighted by Crippen LogP contribution is -2.34. The van der Waals surface area contributed by atoms with Crippen LogP contribution in [0.5, 0.6) is 5.75 Å². The third-order valence-corrected chi connectivity index (χ3v) is 4.79. The van der Waals surface area contributed by atoms with E-state index in [0.29, 0.717) is 21.3 Å². The molecule has 3 aromatic carbocycles. The molecule has 0 bridgehead atoms. The number of nitrogens with one attached hydrogen (secondary N) is 2. The summed E-state index contributed by atoms with van der Waals surface area (Å²) in [5, 5.41) is 6.23. The predicted molar refractivity (Wildman–Crippen MR) is 120 cm³/mol. The van der Waals surface area contributed by atoms with Crippen molar-refractivity contribution in [3.8, 4) is 5.75 Å². The molecule has 0 heterocycles. The standard InChI is InChI=1S/C23H17BrFN3O4/c24-20-4-2-1-3-19(20)23(31)32-18-11-5-15(6-12-18)13-27-28-21(29)14-26-22(30)16-7-9-17(25)10-8-16/h1-13H,14H2,(H,26,30)(H,28,29)/b27-13+. The molecule has 0 saturated carbocycles. The number of amides is 2. The van der Waals surface area contributed by atoms with Crippen LogP contribution in [0, 0.1) is 5.82 Å². The van der Waals surface area contributed by atoms with E-state index < -0.39 is 23.6 Å². The van der Waals surface area contributed by atoms with Crippen LogP contribution in [-0.2, 0) is 4.79 Å². The number of carbonyl (C=O) groups excluding carboxylic acids is 3. The maximum absolute atomic E-state index is 12.9. The van der Waals surface area contributed by atoms with Gasteiger partial charge in [-0.25, -0.2) is 14.6 Å². The average Bonchev–Trinajstić information content (AvgIpc) is 2.79. The molecule has 0 aliphatic heterocycles. The fourth-order valence-corrected chi connectivity index (χ4v) is 2.94. The third kappa shape index (κ3) is 6.58. The van der Waals surface area contributed by atoms with Crippen LogP contribution in [-0.4, -0.2) is 30.5 Å². The van der Waals surface area contributed by atoms with Gasteiger partial charge >= 0.3 is 5.97 Å². The van der Waals surface area contributed by atoms with Crippen molar-refractivity contribution in [1.29, 1.82) is 0 Å². The molecule has 0 aliphatic rings. The van der Waals surface area contributed by atoms with Crippen molar-refractivity contribution < 1.29 is 23.5 Å². The van der Waals surface area contributed by atoms with Gasteiger partial charge in [-0.1, -0.05) is 12.1 Å². The van der Waals surface area contributed by atoms with Crippen molar-refractivity contribution in [2.75, 3.05) is 6.54 Å². The van der Waals surface area contributed by atoms with E-state index in [0.717, 1.165) is 12.1 Å². The lowest BCUT2D eigenvalue weighted by atomic mass is 10.2. The van der Waals surface area contributed by atoms with Gasteiger partial charge in [0.1, 0.15) is 11.6 Å². The van der Waals surface area contributed by atoms with E-state index in [1.54, 1.807) is 48.5 Å². The van der Waals surface area contributed by atoms with E-state index in [2.05, 4.69) is 31.8 Å². The van der Waals surface area contributed by atoms with Gasteiger partial charge in [0.25, 0.3) is 11.8 Å². The van der Waals surface area contributed by atoms with Gasteiger partial charge in [-0.15, -0.1) is 0 Å². The topological polar surface area (TPSA) is 96.9 Å². The monoisotopic (exact) mass is 497 g/mol. The number of hydrazone groups is 1. The van der Waals surface area contributed by atoms with E-state index in [9.17, 15) is 18.8 Å². The molecule has 9 heteroatoms. The highest BCUT2D eigenvalue weighted by Crippen LogP contribution is 2.19. The van der Waals surface area contributed by atoms with Gasteiger partial charge in [-0.05, 0) is 82.2 Å². The SMILES string of the molecule is O=C(CNC(=O)c1ccc(F)cc1)N/N=C/c1ccc(OC(=O)c2ccccc2Br)cc1. The van der Waals surface area contributed by atoms with E-state index in [4.69, 9.17) is 4.74 Å². The van der Waals surface area contributed by atoms with Crippen LogP contribution in [0.4, 0.5) is 4.39 Å². The quantitative estimate of drug-likeness (QED) is 0.225. The molecule has 7 nitrogen and oxygen atoms in total. The number of hydrogen-bond acceptors (Lipinski definition) is 5. The molecule has 0 saturated heterocycles. The van der Waals surface area contributed by atoms with Crippen molar-refractivity contribution in [3.05, 3.63) is 99.8 Å². The molecular weight excluding hydrogens is 481 g/mol. The number of halogens is 2. The minimum atomic E-state index is -0.532. The molecule has 0 aromatic heterocycles. The van der Waals surface area contributed by atoms with E-state index in [1.807, 2.05) is 0 Å². The average molecular weight is 498 g/mol. The van der Waals surface area contributed by atoms with Crippen LogP contribution < -0.4 is 15.5 Å². The van der Waals surface area contributed by atoms with Crippen LogP contribution in [0.15, 0.2) is 82.4 Å². The van der Waals surface area contributed by atoms with Crippen molar-refractivity contribution in [1.82, 2.24) is 10.7 Å². The first-order chi connectivity index (χ1) is 15.4. The first-order valence-corrected chi connectivity index (χ1v) is 10.1. The first kappa shape index (κ1) is 22.8. The van der Waals surface area contributed by atoms with Crippen molar-refractivity contribution >= 4 is 39.9 Å². The van der Waals surface area contributed by atoms with E-state index in [-0.39, 0.29) is 12.1 Å². The van der Waals surface area contributed by atoms with Crippen molar-refractivity contribution in [3.63, 3.8) is 0 Å². The summed E-state index contributed by atoms with van der Waals surface area (Å²) >= 11 is 3.31. The summed E-state index contributed by atoms with van der Waals surface area (Å²) in [5.41, 5.74) is 3.59. The summed E-state index contributed by atoms with van der Waals surface area (Å²) in [6.45, 7) is -0.294. The van der Waals surface area contributed by atoms with Gasteiger partial charge in [0.15, 0.2) is 0 Å². The number of ether oxygens (including phenoxy) is 1. The fourth-order valence-electron chi connectivity index (χ4n) is 2.49. The third-order valence-electron chi connectivity index (χ3n) is 4.10. The zero-order valence-electron chi connectivity index (χ0n) is 16.5. The molecule has 0 atom stereocenters. The van der Waals surface area contributed by atoms with Gasteiger partial charge in [-0.3, -0.25) is 9.59 Å². The van der Waals surface area contributed by atoms with Crippen LogP contribution in [0.2, 0.25) is 0 Å². The minimum Gasteiger partial charge on any atom is -0.423 e. The molecule has 162 valence electrons. The fraction of sp³-hybridized carbons (Fsp3) is 0.0435. The number of esters is 1. The largest absolute Gasteiger partial charge is 0.423 e. The number of benzene rings is 3. The highest BCUT2D eigenvalue weighted by atomic mass is 79.9. The summed E-state index contributed by atoms with van der Waals surface area (Å²) in [5.74, 6) is -1.62. The molecule has 0 radical (unpaired) electrons. The lowest BCUT2D eigenvalue weighted by Gasteiger charge is -2.06. The Labute approximate surface area is 191 Å². The maximum atomic E-state index is 12.9. The van der Waals surface area contributed by atoms with Gasteiger partial charge in [-0.2, -0.15) is 5.10 Å². The second kappa shape index (κ2) is 11.0. The van der Waals surface area contributed by atoms with Gasteiger partial charge in [0, 0.05) is 10.0 Å². The van der Waals surface area contributed by atoms with E-state index >= 15 is 0 Å². The second-order valence-corrected chi connectivity index (χ2v) is 7.28. The molecule has 3 aromatic rings. The summed E-state index contributed by atoms with van der Waals surface area (Å²) < 4.78 is 18.8. The first-order valence-electron chi connectivity index (χ1n) is 9.35. The normalized spacial score (nSPS) is 10.6. The molecule has 3 rings (SSSR count). The Bertz CT molecular complexity index is 1150. The van der Waals surface area contributed by atoms with Crippen LogP contribution in [0.3, 0.4) is 0 Å². The maximum Gasteiger partial charge on any atom is 0.344 e. The number of hydrogen-bond donors (Lipinski definition) is 2. The molecule has 32 heavy (non-hydrogen) atoms. The number of carbonyl (C=O) groups is 3. The summed E-state index contributed by atoms with van der Waals surface area (Å²) in [6, 6.07) is 18.4. The number of rotatable bonds is 7. The molecule has 2 N–H and O–H groups in total.